The Kier molecular flexibility index (Phi) is 8.39. The van der Waals surface area contributed by atoms with Crippen LogP contribution in [-0.2, 0) is 23.8 Å². The molecule has 2 aromatic rings. The number of carbonyl (C=O) groups excluding carboxylic acids is 2. The zero-order valence-corrected chi connectivity index (χ0v) is 17.8. The van der Waals surface area contributed by atoms with Gasteiger partial charge in [-0.1, -0.05) is 24.3 Å². The molecule has 0 aliphatic carbocycles. The van der Waals surface area contributed by atoms with Crippen LogP contribution in [0.4, 0.5) is 0 Å². The number of aliphatic hydroxyl groups is 3. The summed E-state index contributed by atoms with van der Waals surface area (Å²) < 4.78 is 15.4. The van der Waals surface area contributed by atoms with Crippen LogP contribution >= 0.6 is 0 Å². The van der Waals surface area contributed by atoms with Gasteiger partial charge in [-0.25, -0.2) is 9.59 Å². The Hall–Kier alpha value is -3.70. The summed E-state index contributed by atoms with van der Waals surface area (Å²) in [7, 11) is 0. The van der Waals surface area contributed by atoms with E-state index in [0.29, 0.717) is 11.1 Å². The van der Waals surface area contributed by atoms with Gasteiger partial charge in [0, 0.05) is 12.2 Å². The van der Waals surface area contributed by atoms with E-state index in [4.69, 9.17) is 14.2 Å². The number of rotatable bonds is 7. The first kappa shape index (κ1) is 24.9. The number of benzene rings is 2. The van der Waals surface area contributed by atoms with E-state index in [0.717, 1.165) is 12.2 Å². The van der Waals surface area contributed by atoms with Gasteiger partial charge < -0.3 is 39.7 Å². The summed E-state index contributed by atoms with van der Waals surface area (Å²) >= 11 is 0. The number of esters is 2. The number of hydrogen-bond donors (Lipinski definition) is 5. The molecule has 0 bridgehead atoms. The molecule has 1 heterocycles. The van der Waals surface area contributed by atoms with Crippen LogP contribution in [0.5, 0.6) is 11.5 Å². The molecule has 1 saturated heterocycles. The highest BCUT2D eigenvalue weighted by molar-refractivity contribution is 5.87. The average molecular weight is 472 g/mol. The first-order valence-corrected chi connectivity index (χ1v) is 10.2. The predicted octanol–water partition coefficient (Wildman–Crippen LogP) is 0.718. The van der Waals surface area contributed by atoms with Crippen LogP contribution in [-0.4, -0.2) is 74.8 Å². The number of hydrogen-bond acceptors (Lipinski definition) is 10. The van der Waals surface area contributed by atoms with Crippen LogP contribution in [0.1, 0.15) is 11.1 Å². The molecule has 2 aromatic carbocycles. The van der Waals surface area contributed by atoms with Crippen molar-refractivity contribution >= 4 is 24.1 Å². The number of aromatic hydroxyl groups is 2. The quantitative estimate of drug-likeness (QED) is 0.287. The van der Waals surface area contributed by atoms with Crippen molar-refractivity contribution in [1.82, 2.24) is 0 Å². The van der Waals surface area contributed by atoms with Crippen molar-refractivity contribution in [2.75, 3.05) is 6.61 Å². The van der Waals surface area contributed by atoms with E-state index in [1.54, 1.807) is 24.3 Å². The van der Waals surface area contributed by atoms with Crippen molar-refractivity contribution in [3.63, 3.8) is 0 Å². The molecule has 10 nitrogen and oxygen atoms in total. The van der Waals surface area contributed by atoms with E-state index in [9.17, 15) is 35.1 Å². The second-order valence-electron chi connectivity index (χ2n) is 7.43. The molecule has 10 heteroatoms. The van der Waals surface area contributed by atoms with E-state index in [-0.39, 0.29) is 11.5 Å². The topological polar surface area (TPSA) is 163 Å². The summed E-state index contributed by atoms with van der Waals surface area (Å²) in [5.74, 6) is -1.52. The normalized spacial score (nSPS) is 24.9. The highest BCUT2D eigenvalue weighted by Crippen LogP contribution is 2.23. The molecule has 0 saturated carbocycles. The maximum absolute atomic E-state index is 12.1. The van der Waals surface area contributed by atoms with Crippen molar-refractivity contribution in [1.29, 1.82) is 0 Å². The fraction of sp³-hybridized carbons (Fsp3) is 0.250. The first-order chi connectivity index (χ1) is 16.2. The minimum absolute atomic E-state index is 0.0635. The van der Waals surface area contributed by atoms with E-state index in [1.165, 1.54) is 36.4 Å². The SMILES string of the molecule is O=C(C=Cc1ccc(O)cc1)OC[C@H]1O[C@@H](OC(=O)C=Cc2ccc(O)cc2)[C@H](O)[C@@H](O)[C@@H]1O. The molecule has 0 aromatic heterocycles. The van der Waals surface area contributed by atoms with Crippen molar-refractivity contribution in [3.05, 3.63) is 71.8 Å². The summed E-state index contributed by atoms with van der Waals surface area (Å²) in [6.07, 6.45) is -2.92. The monoisotopic (exact) mass is 472 g/mol. The van der Waals surface area contributed by atoms with Crippen LogP contribution in [0.2, 0.25) is 0 Å². The molecule has 0 spiro atoms. The molecule has 1 fully saturated rings. The van der Waals surface area contributed by atoms with E-state index in [2.05, 4.69) is 0 Å². The van der Waals surface area contributed by atoms with Crippen molar-refractivity contribution in [2.45, 2.75) is 30.7 Å². The summed E-state index contributed by atoms with van der Waals surface area (Å²) in [5.41, 5.74) is 1.23. The minimum Gasteiger partial charge on any atom is -0.508 e. The van der Waals surface area contributed by atoms with Crippen molar-refractivity contribution < 1.29 is 49.3 Å². The third-order valence-electron chi connectivity index (χ3n) is 4.90. The first-order valence-electron chi connectivity index (χ1n) is 10.2. The van der Waals surface area contributed by atoms with Gasteiger partial charge in [-0.2, -0.15) is 0 Å². The number of aliphatic hydroxyl groups excluding tert-OH is 3. The van der Waals surface area contributed by atoms with Gasteiger partial charge in [0.15, 0.2) is 0 Å². The molecular formula is C24H24O10. The standard InChI is InChI=1S/C24H24O10/c25-16-7-1-14(2-8-16)5-11-19(27)32-13-18-21(29)22(30)23(31)24(33-18)34-20(28)12-6-15-3-9-17(26)10-4-15/h1-12,18,21-26,29-31H,13H2/t18-,21-,22+,23-,24+/m1/s1. The molecule has 1 aliphatic heterocycles. The van der Waals surface area contributed by atoms with Gasteiger partial charge in [-0.05, 0) is 47.5 Å². The van der Waals surface area contributed by atoms with Crippen molar-refractivity contribution in [3.8, 4) is 11.5 Å². The van der Waals surface area contributed by atoms with Crippen LogP contribution < -0.4 is 0 Å². The van der Waals surface area contributed by atoms with E-state index >= 15 is 0 Å². The molecule has 180 valence electrons. The molecule has 34 heavy (non-hydrogen) atoms. The lowest BCUT2D eigenvalue weighted by Crippen LogP contribution is -2.59. The maximum Gasteiger partial charge on any atom is 0.333 e. The largest absolute Gasteiger partial charge is 0.508 e. The zero-order valence-electron chi connectivity index (χ0n) is 17.8. The summed E-state index contributed by atoms with van der Waals surface area (Å²) in [6, 6.07) is 12.1. The van der Waals surface area contributed by atoms with Gasteiger partial charge in [0.25, 0.3) is 0 Å². The van der Waals surface area contributed by atoms with E-state index < -0.39 is 49.3 Å². The molecule has 3 rings (SSSR count). The second-order valence-corrected chi connectivity index (χ2v) is 7.43. The Bertz CT molecular complexity index is 1030. The Balaban J connectivity index is 1.54. The molecule has 0 unspecified atom stereocenters. The fourth-order valence-corrected chi connectivity index (χ4v) is 3.02. The van der Waals surface area contributed by atoms with Gasteiger partial charge >= 0.3 is 11.9 Å². The summed E-state index contributed by atoms with van der Waals surface area (Å²) in [4.78, 5) is 24.1. The van der Waals surface area contributed by atoms with Crippen LogP contribution in [0, 0.1) is 0 Å². The molecule has 5 N–H and O–H groups in total. The van der Waals surface area contributed by atoms with Gasteiger partial charge in [-0.3, -0.25) is 0 Å². The number of phenols is 2. The fourth-order valence-electron chi connectivity index (χ4n) is 3.02. The highest BCUT2D eigenvalue weighted by atomic mass is 16.7. The Morgan fingerprint density at radius 2 is 1.26 bits per heavy atom. The average Bonchev–Trinajstić information content (AvgIpc) is 2.83. The second kappa shape index (κ2) is 11.4. The lowest BCUT2D eigenvalue weighted by molar-refractivity contribution is -0.291. The van der Waals surface area contributed by atoms with Gasteiger partial charge in [0.2, 0.25) is 6.29 Å². The number of ether oxygens (including phenoxy) is 3. The van der Waals surface area contributed by atoms with Crippen LogP contribution in [0.25, 0.3) is 12.2 Å². The van der Waals surface area contributed by atoms with Gasteiger partial charge in [-0.15, -0.1) is 0 Å². The third kappa shape index (κ3) is 6.90. The minimum atomic E-state index is -1.73. The maximum atomic E-state index is 12.1. The van der Waals surface area contributed by atoms with Crippen LogP contribution in [0.3, 0.4) is 0 Å². The Morgan fingerprint density at radius 3 is 1.79 bits per heavy atom. The molecule has 0 radical (unpaired) electrons. The number of phenolic OH excluding ortho intramolecular Hbond substituents is 2. The molecule has 0 amide bonds. The molecule has 1 aliphatic rings. The highest BCUT2D eigenvalue weighted by Gasteiger charge is 2.45. The third-order valence-corrected chi connectivity index (χ3v) is 4.90. The van der Waals surface area contributed by atoms with E-state index in [1.807, 2.05) is 0 Å². The Morgan fingerprint density at radius 1 is 0.765 bits per heavy atom. The molecule has 5 atom stereocenters. The van der Waals surface area contributed by atoms with Gasteiger partial charge in [0.05, 0.1) is 0 Å². The smallest absolute Gasteiger partial charge is 0.333 e. The van der Waals surface area contributed by atoms with Crippen LogP contribution in [0.15, 0.2) is 60.7 Å². The van der Waals surface area contributed by atoms with Gasteiger partial charge in [0.1, 0.15) is 42.5 Å². The summed E-state index contributed by atoms with van der Waals surface area (Å²) in [6.45, 7) is -0.485. The van der Waals surface area contributed by atoms with Crippen molar-refractivity contribution in [2.24, 2.45) is 0 Å². The zero-order chi connectivity index (χ0) is 24.7. The molecular weight excluding hydrogens is 448 g/mol. The number of carbonyl (C=O) groups is 2. The Labute approximate surface area is 194 Å². The lowest BCUT2D eigenvalue weighted by Gasteiger charge is -2.39. The predicted molar refractivity (Wildman–Crippen MR) is 118 cm³/mol. The lowest BCUT2D eigenvalue weighted by atomic mass is 9.99. The summed E-state index contributed by atoms with van der Waals surface area (Å²) in [5, 5.41) is 48.9.